The van der Waals surface area contributed by atoms with Crippen molar-refractivity contribution < 1.29 is 23.9 Å². The third kappa shape index (κ3) is 8.17. The van der Waals surface area contributed by atoms with E-state index in [2.05, 4.69) is 26.7 Å². The van der Waals surface area contributed by atoms with Crippen LogP contribution in [0.4, 0.5) is 10.5 Å². The van der Waals surface area contributed by atoms with Crippen LogP contribution in [0.5, 0.6) is 17.4 Å². The van der Waals surface area contributed by atoms with E-state index < -0.39 is 17.1 Å². The van der Waals surface area contributed by atoms with E-state index in [1.165, 1.54) is 24.3 Å². The zero-order chi connectivity index (χ0) is 31.5. The zero-order valence-corrected chi connectivity index (χ0v) is 24.7. The third-order valence-electron chi connectivity index (χ3n) is 6.76. The minimum atomic E-state index is -0.808. The summed E-state index contributed by atoms with van der Waals surface area (Å²) in [5.41, 5.74) is 2.76. The molecule has 2 atom stereocenters. The van der Waals surface area contributed by atoms with Crippen LogP contribution in [0.1, 0.15) is 51.3 Å². The second kappa shape index (κ2) is 15.3. The Morgan fingerprint density at radius 2 is 2.00 bits per heavy atom. The number of hydrogen-bond donors (Lipinski definition) is 2. The maximum absolute atomic E-state index is 12.2. The molecule has 0 saturated carbocycles. The van der Waals surface area contributed by atoms with Crippen LogP contribution in [0.25, 0.3) is 16.9 Å². The molecule has 3 heterocycles. The summed E-state index contributed by atoms with van der Waals surface area (Å²) in [7, 11) is 1.59. The van der Waals surface area contributed by atoms with E-state index in [4.69, 9.17) is 19.2 Å². The number of amides is 1. The first-order valence-electron chi connectivity index (χ1n) is 14.2. The molecule has 4 rings (SSSR count). The summed E-state index contributed by atoms with van der Waals surface area (Å²) < 4.78 is 18.6. The predicted octanol–water partition coefficient (Wildman–Crippen LogP) is 5.00. The highest BCUT2D eigenvalue weighted by Crippen LogP contribution is 2.32. The molecule has 1 amide bonds. The van der Waals surface area contributed by atoms with E-state index in [-0.39, 0.29) is 17.5 Å². The molecular weight excluding hydrogens is 568 g/mol. The molecule has 14 heteroatoms. The lowest BCUT2D eigenvalue weighted by atomic mass is 10.1. The summed E-state index contributed by atoms with van der Waals surface area (Å²) in [5, 5.41) is 26.1. The first kappa shape index (κ1) is 31.6. The van der Waals surface area contributed by atoms with Crippen molar-refractivity contribution >= 4 is 17.4 Å². The number of nitro groups is 1. The lowest BCUT2D eigenvalue weighted by molar-refractivity contribution is -0.384. The Bertz CT molecular complexity index is 1620. The first-order chi connectivity index (χ1) is 21.3. The van der Waals surface area contributed by atoms with Crippen LogP contribution in [0, 0.1) is 21.4 Å². The van der Waals surface area contributed by atoms with Crippen molar-refractivity contribution in [1.29, 1.82) is 5.26 Å². The number of carbonyl (C=O) groups is 1. The molecule has 1 aromatic carbocycles. The second-order valence-corrected chi connectivity index (χ2v) is 9.84. The highest BCUT2D eigenvalue weighted by Gasteiger charge is 2.17. The molecule has 2 N–H and O–H groups in total. The first-order valence-corrected chi connectivity index (χ1v) is 14.2. The number of nitriles is 1. The van der Waals surface area contributed by atoms with Crippen LogP contribution in [0.15, 0.2) is 55.1 Å². The number of ether oxygens (including phenoxy) is 3. The molecule has 230 valence electrons. The number of carbonyl (C=O) groups excluding carboxylic acids is 1. The van der Waals surface area contributed by atoms with Gasteiger partial charge < -0.3 is 29.2 Å². The minimum Gasteiger partial charge on any atom is -0.494 e. The van der Waals surface area contributed by atoms with Crippen molar-refractivity contribution in [3.8, 4) is 34.7 Å². The molecule has 0 spiro atoms. The van der Waals surface area contributed by atoms with Crippen LogP contribution >= 0.6 is 0 Å². The van der Waals surface area contributed by atoms with Gasteiger partial charge in [-0.2, -0.15) is 5.26 Å². The monoisotopic (exact) mass is 602 g/mol. The number of rotatable bonds is 15. The molecule has 0 fully saturated rings. The molecule has 0 aliphatic heterocycles. The van der Waals surface area contributed by atoms with Gasteiger partial charge in [0.1, 0.15) is 17.5 Å². The lowest BCUT2D eigenvalue weighted by Crippen LogP contribution is -2.35. The van der Waals surface area contributed by atoms with E-state index >= 15 is 0 Å². The van der Waals surface area contributed by atoms with Gasteiger partial charge in [-0.3, -0.25) is 15.1 Å². The lowest BCUT2D eigenvalue weighted by Gasteiger charge is -2.16. The van der Waals surface area contributed by atoms with Gasteiger partial charge in [0.25, 0.3) is 11.6 Å². The molecule has 1 unspecified atom stereocenters. The number of unbranched alkanes of at least 4 members (excludes halogenated alkanes) is 2. The number of nitro benzene ring substituents is 1. The van der Waals surface area contributed by atoms with Gasteiger partial charge in [0, 0.05) is 42.3 Å². The van der Waals surface area contributed by atoms with E-state index in [1.807, 2.05) is 36.7 Å². The zero-order valence-electron chi connectivity index (χ0n) is 24.7. The van der Waals surface area contributed by atoms with E-state index in [0.717, 1.165) is 24.2 Å². The molecule has 0 aliphatic carbocycles. The Kier molecular flexibility index (Phi) is 11.0. The second-order valence-electron chi connectivity index (χ2n) is 9.84. The van der Waals surface area contributed by atoms with Crippen LogP contribution in [-0.2, 0) is 0 Å². The predicted molar refractivity (Wildman–Crippen MR) is 160 cm³/mol. The van der Waals surface area contributed by atoms with Crippen molar-refractivity contribution in [1.82, 2.24) is 30.0 Å². The summed E-state index contributed by atoms with van der Waals surface area (Å²) in [4.78, 5) is 36.1. The van der Waals surface area contributed by atoms with Gasteiger partial charge in [-0.05, 0) is 50.9 Å². The van der Waals surface area contributed by atoms with Gasteiger partial charge in [-0.1, -0.05) is 13.3 Å². The van der Waals surface area contributed by atoms with Crippen molar-refractivity contribution in [3.63, 3.8) is 0 Å². The number of benzene rings is 1. The number of imidazole rings is 1. The fraction of sp³-hybridized carbons (Fsp3) is 0.367. The van der Waals surface area contributed by atoms with Crippen molar-refractivity contribution in [2.75, 3.05) is 20.3 Å². The van der Waals surface area contributed by atoms with Gasteiger partial charge in [-0.15, -0.1) is 0 Å². The fourth-order valence-corrected chi connectivity index (χ4v) is 4.48. The number of nitrogens with zero attached hydrogens (tertiary/aromatic N) is 6. The molecular formula is C30H34N8O6. The number of nitrogens with one attached hydrogen (secondary N) is 2. The SMILES string of the molecule is CCN[C@H](C)c1cc(-c2cn3ccnc3c(OCCCCCC(C#N)NC(=O)Oc3ccc([N+](=O)[O-])cc3)n2)c(OC)cn1. The van der Waals surface area contributed by atoms with Crippen LogP contribution in [0.2, 0.25) is 0 Å². The highest BCUT2D eigenvalue weighted by molar-refractivity contribution is 5.71. The summed E-state index contributed by atoms with van der Waals surface area (Å²) in [5.74, 6) is 1.11. The molecule has 0 aliphatic rings. The summed E-state index contributed by atoms with van der Waals surface area (Å²) >= 11 is 0. The Hall–Kier alpha value is -5.29. The number of non-ortho nitro benzene ring substituents is 1. The summed E-state index contributed by atoms with van der Waals surface area (Å²) in [6.07, 6.45) is 8.76. The molecule has 0 saturated heterocycles. The van der Waals surface area contributed by atoms with E-state index in [0.29, 0.717) is 48.8 Å². The Morgan fingerprint density at radius 3 is 2.70 bits per heavy atom. The normalized spacial score (nSPS) is 12.2. The van der Waals surface area contributed by atoms with Gasteiger partial charge in [0.15, 0.2) is 0 Å². The number of fused-ring (bicyclic) bond motifs is 1. The van der Waals surface area contributed by atoms with Gasteiger partial charge in [0.2, 0.25) is 5.65 Å². The van der Waals surface area contributed by atoms with Crippen LogP contribution < -0.4 is 24.8 Å². The van der Waals surface area contributed by atoms with Gasteiger partial charge >= 0.3 is 6.09 Å². The van der Waals surface area contributed by atoms with Crippen molar-refractivity contribution in [2.24, 2.45) is 0 Å². The minimum absolute atomic E-state index is 0.0499. The van der Waals surface area contributed by atoms with Crippen LogP contribution in [0.3, 0.4) is 0 Å². The maximum Gasteiger partial charge on any atom is 0.413 e. The maximum atomic E-state index is 12.2. The molecule has 4 aromatic rings. The molecule has 0 bridgehead atoms. The van der Waals surface area contributed by atoms with Crippen molar-refractivity contribution in [3.05, 3.63) is 70.9 Å². The Morgan fingerprint density at radius 1 is 1.20 bits per heavy atom. The fourth-order valence-electron chi connectivity index (χ4n) is 4.48. The summed E-state index contributed by atoms with van der Waals surface area (Å²) in [6, 6.07) is 8.41. The van der Waals surface area contributed by atoms with E-state index in [9.17, 15) is 20.2 Å². The molecule has 44 heavy (non-hydrogen) atoms. The van der Waals surface area contributed by atoms with Gasteiger partial charge in [0.05, 0.1) is 42.3 Å². The number of methoxy groups -OCH3 is 1. The average molecular weight is 603 g/mol. The Labute approximate surface area is 254 Å². The Balaban J connectivity index is 1.30. The van der Waals surface area contributed by atoms with Gasteiger partial charge in [-0.25, -0.2) is 14.8 Å². The molecule has 14 nitrogen and oxygen atoms in total. The average Bonchev–Trinajstić information content (AvgIpc) is 3.51. The third-order valence-corrected chi connectivity index (χ3v) is 6.76. The number of pyridine rings is 1. The highest BCUT2D eigenvalue weighted by atomic mass is 16.6. The van der Waals surface area contributed by atoms with Crippen LogP contribution in [-0.4, -0.2) is 56.7 Å². The smallest absolute Gasteiger partial charge is 0.413 e. The largest absolute Gasteiger partial charge is 0.494 e. The number of hydrogen-bond acceptors (Lipinski definition) is 11. The standard InChI is InChI=1S/C30H34N8O6/c1-4-32-20(2)25-16-24(27(42-3)18-34-25)26-19-37-14-13-33-28(37)29(36-26)43-15-7-5-6-8-21(17-31)35-30(39)44-23-11-9-22(10-12-23)38(40)41/h9-14,16,18-21,32H,4-8,15H2,1-3H3,(H,35,39)/t20-,21?/m1/s1. The summed E-state index contributed by atoms with van der Waals surface area (Å²) in [6.45, 7) is 5.28. The topological polar surface area (TPSA) is 179 Å². The van der Waals surface area contributed by atoms with Crippen molar-refractivity contribution in [2.45, 2.75) is 51.6 Å². The molecule has 0 radical (unpaired) electrons. The number of aromatic nitrogens is 4. The van der Waals surface area contributed by atoms with E-state index in [1.54, 1.807) is 19.5 Å². The molecule has 3 aromatic heterocycles. The quantitative estimate of drug-likeness (QED) is 0.106.